The number of rotatable bonds is 22. The molecular weight excluding hydrogens is 1000 g/mol. The van der Waals surface area contributed by atoms with Crippen molar-refractivity contribution in [3.8, 4) is 0 Å². The van der Waals surface area contributed by atoms with E-state index in [9.17, 15) is 0 Å². The maximum absolute atomic E-state index is 5.93. The monoisotopic (exact) mass is 1140 g/mol. The molecular formula is C81H135NO. The summed E-state index contributed by atoms with van der Waals surface area (Å²) < 4.78 is 5.93. The lowest BCUT2D eigenvalue weighted by Gasteiger charge is -2.35. The SMILES string of the molecule is C=CCc1cc(C(C)(C)C)c(C)c(C(C)(C)C)c1.C=COCC(CCC)(CCC(=C)C/C=C/C(=C(/C)C(CC)C(C)(C)C)C(C)(C)C)CNCCc1cc(C(C)(C)C)c(C)c(C(C)(C)C)c1.CCCc1cc(C(C)(C)C)cc(C(C)(C)C)c1. The number of allylic oxidation sites excluding steroid dienone is 6. The Morgan fingerprint density at radius 1 is 0.554 bits per heavy atom. The van der Waals surface area contributed by atoms with Crippen LogP contribution in [0.5, 0.6) is 0 Å². The van der Waals surface area contributed by atoms with Crippen molar-refractivity contribution in [3.63, 3.8) is 0 Å². The molecule has 2 atom stereocenters. The highest BCUT2D eigenvalue weighted by Crippen LogP contribution is 2.42. The molecule has 3 rings (SSSR count). The first-order valence-electron chi connectivity index (χ1n) is 32.7. The lowest BCUT2D eigenvalue weighted by molar-refractivity contribution is 0.0883. The van der Waals surface area contributed by atoms with Crippen LogP contribution in [-0.4, -0.2) is 19.7 Å². The van der Waals surface area contributed by atoms with Gasteiger partial charge in [-0.05, 0) is 195 Å². The van der Waals surface area contributed by atoms with E-state index in [4.69, 9.17) is 4.74 Å². The molecule has 1 N–H and O–H groups in total. The van der Waals surface area contributed by atoms with Gasteiger partial charge in [0, 0.05) is 12.0 Å². The average molecular weight is 1140 g/mol. The van der Waals surface area contributed by atoms with Crippen molar-refractivity contribution in [1.82, 2.24) is 5.32 Å². The molecule has 3 aromatic rings. The van der Waals surface area contributed by atoms with Gasteiger partial charge in [0.05, 0.1) is 12.9 Å². The highest BCUT2D eigenvalue weighted by molar-refractivity contribution is 5.47. The molecule has 2 nitrogen and oxygen atoms in total. The minimum atomic E-state index is 0.0458. The molecule has 0 aromatic heterocycles. The molecule has 3 aromatic carbocycles. The molecule has 470 valence electrons. The molecule has 2 unspecified atom stereocenters. The van der Waals surface area contributed by atoms with Gasteiger partial charge < -0.3 is 10.1 Å². The summed E-state index contributed by atoms with van der Waals surface area (Å²) in [6.45, 7) is 84.3. The second-order valence-electron chi connectivity index (χ2n) is 33.5. The summed E-state index contributed by atoms with van der Waals surface area (Å²) in [6.07, 6.45) is 19.1. The normalized spacial score (nSPS) is 14.4. The zero-order chi connectivity index (χ0) is 64.5. The van der Waals surface area contributed by atoms with Crippen molar-refractivity contribution in [2.75, 3.05) is 19.7 Å². The number of nitrogens with one attached hydrogen (secondary N) is 1. The van der Waals surface area contributed by atoms with Crippen molar-refractivity contribution in [2.45, 2.75) is 304 Å². The first-order valence-corrected chi connectivity index (χ1v) is 32.7. The Bertz CT molecular complexity index is 2460. The van der Waals surface area contributed by atoms with Crippen LogP contribution in [0.1, 0.15) is 300 Å². The van der Waals surface area contributed by atoms with E-state index in [1.807, 2.05) is 6.08 Å². The highest BCUT2D eigenvalue weighted by atomic mass is 16.5. The van der Waals surface area contributed by atoms with Crippen LogP contribution in [0.15, 0.2) is 103 Å². The Hall–Kier alpha value is -3.88. The van der Waals surface area contributed by atoms with Crippen molar-refractivity contribution in [2.24, 2.45) is 22.2 Å². The van der Waals surface area contributed by atoms with E-state index in [2.05, 4.69) is 287 Å². The maximum atomic E-state index is 5.93. The third-order valence-electron chi connectivity index (χ3n) is 17.1. The predicted molar refractivity (Wildman–Crippen MR) is 376 cm³/mol. The second kappa shape index (κ2) is 31.7. The molecule has 0 fully saturated rings. The number of benzene rings is 3. The molecule has 0 bridgehead atoms. The van der Waals surface area contributed by atoms with Crippen molar-refractivity contribution in [3.05, 3.63) is 165 Å². The van der Waals surface area contributed by atoms with Gasteiger partial charge in [0.2, 0.25) is 0 Å². The van der Waals surface area contributed by atoms with Crippen LogP contribution in [0.2, 0.25) is 0 Å². The topological polar surface area (TPSA) is 21.3 Å². The van der Waals surface area contributed by atoms with Crippen LogP contribution in [0.4, 0.5) is 0 Å². The molecule has 0 spiro atoms. The van der Waals surface area contributed by atoms with Crippen molar-refractivity contribution in [1.29, 1.82) is 0 Å². The Labute approximate surface area is 518 Å². The number of hydrogen-bond acceptors (Lipinski definition) is 2. The third-order valence-corrected chi connectivity index (χ3v) is 17.1. The molecule has 0 saturated carbocycles. The second-order valence-corrected chi connectivity index (χ2v) is 33.5. The zero-order valence-electron chi connectivity index (χ0n) is 60.7. The molecule has 2 heteroatoms. The fourth-order valence-electron chi connectivity index (χ4n) is 12.5. The molecule has 0 saturated heterocycles. The largest absolute Gasteiger partial charge is 0.501 e. The van der Waals surface area contributed by atoms with Crippen LogP contribution >= 0.6 is 0 Å². The van der Waals surface area contributed by atoms with Crippen LogP contribution in [0, 0.1) is 36.0 Å². The van der Waals surface area contributed by atoms with E-state index >= 15 is 0 Å². The molecule has 0 heterocycles. The molecule has 83 heavy (non-hydrogen) atoms. The van der Waals surface area contributed by atoms with Crippen LogP contribution in [-0.2, 0) is 56.5 Å². The van der Waals surface area contributed by atoms with Gasteiger partial charge in [0.1, 0.15) is 0 Å². The summed E-state index contributed by atoms with van der Waals surface area (Å²) in [7, 11) is 0. The summed E-state index contributed by atoms with van der Waals surface area (Å²) in [4.78, 5) is 0. The first kappa shape index (κ1) is 77.1. The van der Waals surface area contributed by atoms with Gasteiger partial charge in [0.25, 0.3) is 0 Å². The fraction of sp³-hybridized carbons (Fsp3) is 0.654. The highest BCUT2D eigenvalue weighted by Gasteiger charge is 2.32. The Morgan fingerprint density at radius 2 is 0.988 bits per heavy atom. The van der Waals surface area contributed by atoms with E-state index in [-0.39, 0.29) is 48.7 Å². The van der Waals surface area contributed by atoms with E-state index in [1.54, 1.807) is 6.26 Å². The minimum Gasteiger partial charge on any atom is -0.501 e. The fourth-order valence-corrected chi connectivity index (χ4v) is 12.5. The summed E-state index contributed by atoms with van der Waals surface area (Å²) in [5.41, 5.74) is 21.8. The van der Waals surface area contributed by atoms with E-state index in [1.165, 1.54) is 90.8 Å². The average Bonchev–Trinajstić information content (AvgIpc) is 3.51. The Morgan fingerprint density at radius 3 is 1.34 bits per heavy atom. The first-order chi connectivity index (χ1) is 37.6. The standard InChI is InChI=1S/C46H79NO.C18H28.C17H28/c1-19-27-46(33-48-21-3,32-47-29-26-37-30-40(44(13,14)15)36(6)41(31-37)45(16,17)18)28-25-34(4)23-22-24-39(43(10,11)12)35(5)38(20-2)42(7,8)9;1-9-10-14-11-15(17(3,4)5)13(2)16(12-14)18(6,7)8;1-8-9-13-10-14(16(2,3)4)12-15(11-13)17(5,6)7/h21-22,24,30-31,38,47H,3-4,19-20,23,25-29,32-33H2,1-2,5-18H3;9,11-12H,1,10H2,2-8H3;10-12H,8-9H2,1-7H3/b24-22+,39-35+;;. The van der Waals surface area contributed by atoms with Gasteiger partial charge in [0.15, 0.2) is 0 Å². The number of aryl methyl sites for hydroxylation is 1. The predicted octanol–water partition coefficient (Wildman–Crippen LogP) is 23.9. The number of ether oxygens (including phenoxy) is 1. The van der Waals surface area contributed by atoms with Crippen molar-refractivity contribution < 1.29 is 4.74 Å². The summed E-state index contributed by atoms with van der Waals surface area (Å²) in [5.74, 6) is 0.568. The van der Waals surface area contributed by atoms with Gasteiger partial charge in [-0.3, -0.25) is 0 Å². The number of hydrogen-bond donors (Lipinski definition) is 1. The molecule has 0 aliphatic heterocycles. The summed E-state index contributed by atoms with van der Waals surface area (Å²) >= 11 is 0. The molecule has 0 aliphatic carbocycles. The van der Waals surface area contributed by atoms with Gasteiger partial charge in [-0.1, -0.05) is 285 Å². The zero-order valence-corrected chi connectivity index (χ0v) is 60.7. The minimum absolute atomic E-state index is 0.0458. The Balaban J connectivity index is 0.000000791. The van der Waals surface area contributed by atoms with E-state index < -0.39 is 0 Å². The lowest BCUT2D eigenvalue weighted by Crippen LogP contribution is -2.39. The molecule has 0 aliphatic rings. The smallest absolute Gasteiger partial charge is 0.0941 e. The van der Waals surface area contributed by atoms with Gasteiger partial charge in [-0.15, -0.1) is 6.58 Å². The van der Waals surface area contributed by atoms with Gasteiger partial charge in [-0.25, -0.2) is 0 Å². The maximum Gasteiger partial charge on any atom is 0.0941 e. The lowest BCUT2D eigenvalue weighted by atomic mass is 9.70. The molecule has 0 radical (unpaired) electrons. The van der Waals surface area contributed by atoms with Crippen LogP contribution < -0.4 is 5.32 Å². The van der Waals surface area contributed by atoms with Gasteiger partial charge in [-0.2, -0.15) is 0 Å². The third kappa shape index (κ3) is 25.5. The summed E-state index contributed by atoms with van der Waals surface area (Å²) in [6, 6.07) is 16.8. The van der Waals surface area contributed by atoms with Crippen LogP contribution in [0.3, 0.4) is 0 Å². The van der Waals surface area contributed by atoms with Crippen molar-refractivity contribution >= 4 is 0 Å². The van der Waals surface area contributed by atoms with E-state index in [0.29, 0.717) is 12.5 Å². The summed E-state index contributed by atoms with van der Waals surface area (Å²) in [5, 5.41) is 3.87. The van der Waals surface area contributed by atoms with Gasteiger partial charge >= 0.3 is 0 Å². The quantitative estimate of drug-likeness (QED) is 0.0469. The van der Waals surface area contributed by atoms with E-state index in [0.717, 1.165) is 64.5 Å². The molecule has 0 amide bonds. The van der Waals surface area contributed by atoms with Crippen LogP contribution in [0.25, 0.3) is 0 Å². The Kier molecular flexibility index (Phi) is 29.4.